The Labute approximate surface area is 118 Å². The second kappa shape index (κ2) is 5.45. The van der Waals surface area contributed by atoms with E-state index in [1.54, 1.807) is 7.05 Å². The van der Waals surface area contributed by atoms with Crippen molar-refractivity contribution in [3.63, 3.8) is 0 Å². The Balaban J connectivity index is 2.27. The van der Waals surface area contributed by atoms with Crippen molar-refractivity contribution in [2.45, 2.75) is 20.8 Å². The monoisotopic (exact) mass is 272 g/mol. The van der Waals surface area contributed by atoms with Crippen molar-refractivity contribution in [1.29, 1.82) is 0 Å². The maximum Gasteiger partial charge on any atom is 0.227 e. The molecule has 0 fully saturated rings. The maximum absolute atomic E-state index is 11.8. The summed E-state index contributed by atoms with van der Waals surface area (Å²) in [6.07, 6.45) is 0. The van der Waals surface area contributed by atoms with Gasteiger partial charge in [0.15, 0.2) is 5.82 Å². The average molecular weight is 272 g/mol. The molecule has 2 rings (SSSR count). The highest BCUT2D eigenvalue weighted by atomic mass is 16.2. The Morgan fingerprint density at radius 2 is 1.85 bits per heavy atom. The number of aryl methyl sites for hydroxylation is 1. The first-order valence-corrected chi connectivity index (χ1v) is 6.64. The second-order valence-electron chi connectivity index (χ2n) is 5.50. The Kier molecular flexibility index (Phi) is 3.88. The minimum absolute atomic E-state index is 0.00521. The van der Waals surface area contributed by atoms with E-state index in [0.29, 0.717) is 12.4 Å². The SMILES string of the molecule is CNC(=O)C(C)(C)CNc1nnc(C)c2ccccc12. The quantitative estimate of drug-likeness (QED) is 0.894. The Morgan fingerprint density at radius 3 is 2.50 bits per heavy atom. The van der Waals surface area contributed by atoms with Crippen LogP contribution in [0.2, 0.25) is 0 Å². The minimum atomic E-state index is -0.511. The number of fused-ring (bicyclic) bond motifs is 1. The number of amides is 1. The van der Waals surface area contributed by atoms with Crippen LogP contribution < -0.4 is 10.6 Å². The van der Waals surface area contributed by atoms with Crippen LogP contribution in [0.5, 0.6) is 0 Å². The predicted molar refractivity (Wildman–Crippen MR) is 80.6 cm³/mol. The number of carbonyl (C=O) groups is 1. The third-order valence-electron chi connectivity index (χ3n) is 3.41. The summed E-state index contributed by atoms with van der Waals surface area (Å²) in [6, 6.07) is 7.98. The van der Waals surface area contributed by atoms with E-state index in [2.05, 4.69) is 20.8 Å². The highest BCUT2D eigenvalue weighted by Crippen LogP contribution is 2.24. The van der Waals surface area contributed by atoms with Gasteiger partial charge < -0.3 is 10.6 Å². The molecule has 5 heteroatoms. The number of anilines is 1. The molecule has 2 N–H and O–H groups in total. The van der Waals surface area contributed by atoms with Crippen molar-refractivity contribution in [1.82, 2.24) is 15.5 Å². The van der Waals surface area contributed by atoms with Crippen LogP contribution in [0.1, 0.15) is 19.5 Å². The molecule has 0 aliphatic heterocycles. The van der Waals surface area contributed by atoms with Gasteiger partial charge in [0, 0.05) is 24.4 Å². The van der Waals surface area contributed by atoms with Gasteiger partial charge in [0.25, 0.3) is 0 Å². The standard InChI is InChI=1S/C15H20N4O/c1-10-11-7-5-6-8-12(11)13(19-18-10)17-9-15(2,3)14(20)16-4/h5-8H,9H2,1-4H3,(H,16,20)(H,17,19). The molecular weight excluding hydrogens is 252 g/mol. The molecule has 1 amide bonds. The second-order valence-corrected chi connectivity index (χ2v) is 5.50. The average Bonchev–Trinajstić information content (AvgIpc) is 2.46. The lowest BCUT2D eigenvalue weighted by Gasteiger charge is -2.23. The largest absolute Gasteiger partial charge is 0.367 e. The van der Waals surface area contributed by atoms with Crippen molar-refractivity contribution in [2.75, 3.05) is 18.9 Å². The van der Waals surface area contributed by atoms with E-state index >= 15 is 0 Å². The van der Waals surface area contributed by atoms with Crippen LogP contribution in [0, 0.1) is 12.3 Å². The summed E-state index contributed by atoms with van der Waals surface area (Å²) < 4.78 is 0. The van der Waals surface area contributed by atoms with Crippen LogP contribution in [-0.4, -0.2) is 29.7 Å². The molecule has 106 valence electrons. The van der Waals surface area contributed by atoms with Crippen molar-refractivity contribution >= 4 is 22.5 Å². The molecule has 1 aromatic carbocycles. The van der Waals surface area contributed by atoms with Gasteiger partial charge in [-0.15, -0.1) is 5.10 Å². The lowest BCUT2D eigenvalue weighted by atomic mass is 9.92. The normalized spacial score (nSPS) is 11.4. The predicted octanol–water partition coefficient (Wildman–Crippen LogP) is 2.12. The summed E-state index contributed by atoms with van der Waals surface area (Å²) in [5, 5.41) is 16.4. The van der Waals surface area contributed by atoms with Crippen LogP contribution in [0.3, 0.4) is 0 Å². The lowest BCUT2D eigenvalue weighted by molar-refractivity contribution is -0.128. The fourth-order valence-corrected chi connectivity index (χ4v) is 2.09. The van der Waals surface area contributed by atoms with Gasteiger partial charge in [0.05, 0.1) is 11.1 Å². The zero-order valence-corrected chi connectivity index (χ0v) is 12.3. The molecule has 0 atom stereocenters. The van der Waals surface area contributed by atoms with Gasteiger partial charge in [-0.2, -0.15) is 5.10 Å². The molecule has 0 aliphatic carbocycles. The molecular formula is C15H20N4O. The topological polar surface area (TPSA) is 66.9 Å². The zero-order valence-electron chi connectivity index (χ0n) is 12.3. The van der Waals surface area contributed by atoms with Crippen LogP contribution >= 0.6 is 0 Å². The molecule has 0 unspecified atom stereocenters. The van der Waals surface area contributed by atoms with E-state index in [1.807, 2.05) is 45.0 Å². The highest BCUT2D eigenvalue weighted by Gasteiger charge is 2.26. The number of aromatic nitrogens is 2. The van der Waals surface area contributed by atoms with Crippen molar-refractivity contribution in [2.24, 2.45) is 5.41 Å². The summed E-state index contributed by atoms with van der Waals surface area (Å²) in [4.78, 5) is 11.8. The van der Waals surface area contributed by atoms with E-state index in [1.165, 1.54) is 0 Å². The van der Waals surface area contributed by atoms with E-state index in [-0.39, 0.29) is 5.91 Å². The van der Waals surface area contributed by atoms with Crippen LogP contribution in [0.25, 0.3) is 10.8 Å². The summed E-state index contributed by atoms with van der Waals surface area (Å²) in [5.74, 6) is 0.706. The fourth-order valence-electron chi connectivity index (χ4n) is 2.09. The number of hydrogen-bond acceptors (Lipinski definition) is 4. The van der Waals surface area contributed by atoms with Crippen molar-refractivity contribution < 1.29 is 4.79 Å². The first kappa shape index (κ1) is 14.2. The summed E-state index contributed by atoms with van der Waals surface area (Å²) >= 11 is 0. The minimum Gasteiger partial charge on any atom is -0.367 e. The van der Waals surface area contributed by atoms with E-state index < -0.39 is 5.41 Å². The molecule has 20 heavy (non-hydrogen) atoms. The molecule has 0 saturated heterocycles. The zero-order chi connectivity index (χ0) is 14.8. The molecule has 1 aromatic heterocycles. The number of hydrogen-bond donors (Lipinski definition) is 2. The molecule has 5 nitrogen and oxygen atoms in total. The van der Waals surface area contributed by atoms with Gasteiger partial charge in [-0.25, -0.2) is 0 Å². The molecule has 1 heterocycles. The number of rotatable bonds is 4. The lowest BCUT2D eigenvalue weighted by Crippen LogP contribution is -2.39. The Bertz CT molecular complexity index is 637. The number of carbonyl (C=O) groups excluding carboxylic acids is 1. The first-order chi connectivity index (χ1) is 9.45. The number of benzene rings is 1. The molecule has 0 saturated carbocycles. The molecule has 0 aliphatic rings. The Morgan fingerprint density at radius 1 is 1.20 bits per heavy atom. The van der Waals surface area contributed by atoms with Gasteiger partial charge in [-0.1, -0.05) is 24.3 Å². The van der Waals surface area contributed by atoms with E-state index in [9.17, 15) is 4.79 Å². The fraction of sp³-hybridized carbons (Fsp3) is 0.400. The van der Waals surface area contributed by atoms with Crippen LogP contribution in [0.4, 0.5) is 5.82 Å². The summed E-state index contributed by atoms with van der Waals surface area (Å²) in [5.41, 5.74) is 0.388. The van der Waals surface area contributed by atoms with E-state index in [4.69, 9.17) is 0 Å². The molecule has 0 radical (unpaired) electrons. The smallest absolute Gasteiger partial charge is 0.227 e. The van der Waals surface area contributed by atoms with Crippen LogP contribution in [-0.2, 0) is 4.79 Å². The molecule has 2 aromatic rings. The van der Waals surface area contributed by atoms with Gasteiger partial charge >= 0.3 is 0 Å². The summed E-state index contributed by atoms with van der Waals surface area (Å²) in [7, 11) is 1.64. The van der Waals surface area contributed by atoms with Gasteiger partial charge in [-0.05, 0) is 20.8 Å². The summed E-state index contributed by atoms with van der Waals surface area (Å²) in [6.45, 7) is 6.22. The van der Waals surface area contributed by atoms with Crippen molar-refractivity contribution in [3.05, 3.63) is 30.0 Å². The Hall–Kier alpha value is -2.17. The van der Waals surface area contributed by atoms with Crippen LogP contribution in [0.15, 0.2) is 24.3 Å². The first-order valence-electron chi connectivity index (χ1n) is 6.64. The number of nitrogens with zero attached hydrogens (tertiary/aromatic N) is 2. The van der Waals surface area contributed by atoms with Crippen molar-refractivity contribution in [3.8, 4) is 0 Å². The van der Waals surface area contributed by atoms with E-state index in [0.717, 1.165) is 16.5 Å². The third kappa shape index (κ3) is 2.71. The molecule has 0 spiro atoms. The van der Waals surface area contributed by atoms with Gasteiger partial charge in [-0.3, -0.25) is 4.79 Å². The van der Waals surface area contributed by atoms with Gasteiger partial charge in [0.1, 0.15) is 0 Å². The third-order valence-corrected chi connectivity index (χ3v) is 3.41. The van der Waals surface area contributed by atoms with Gasteiger partial charge in [0.2, 0.25) is 5.91 Å². The maximum atomic E-state index is 11.8. The number of nitrogens with one attached hydrogen (secondary N) is 2. The molecule has 0 bridgehead atoms. The highest BCUT2D eigenvalue weighted by molar-refractivity contribution is 5.93.